The average Bonchev–Trinajstić information content (AvgIpc) is 3.09. The summed E-state index contributed by atoms with van der Waals surface area (Å²) in [5, 5.41) is 2.59. The predicted octanol–water partition coefficient (Wildman–Crippen LogP) is 3.48. The monoisotopic (exact) mass is 341 g/mol. The van der Waals surface area contributed by atoms with E-state index in [0.717, 1.165) is 6.07 Å². The number of aromatic amines is 1. The average molecular weight is 341 g/mol. The Balaban J connectivity index is 1.85. The summed E-state index contributed by atoms with van der Waals surface area (Å²) < 4.78 is 28.0. The van der Waals surface area contributed by atoms with Gasteiger partial charge in [0.2, 0.25) is 0 Å². The summed E-state index contributed by atoms with van der Waals surface area (Å²) in [5.74, 6) is -3.20. The molecule has 2 heterocycles. The lowest BCUT2D eigenvalue weighted by atomic mass is 10.0. The molecular formula is C18H13F2N3O2. The molecule has 2 aromatic heterocycles. The number of ketones is 1. The van der Waals surface area contributed by atoms with Crippen LogP contribution in [0.25, 0.3) is 0 Å². The first-order chi connectivity index (χ1) is 12.0. The Labute approximate surface area is 141 Å². The smallest absolute Gasteiger partial charge is 0.272 e. The number of aryl methyl sites for hydroxylation is 1. The lowest BCUT2D eigenvalue weighted by molar-refractivity contribution is 0.102. The number of amides is 1. The Morgan fingerprint density at radius 3 is 2.72 bits per heavy atom. The normalized spacial score (nSPS) is 10.5. The largest absolute Gasteiger partial charge is 0.356 e. The highest BCUT2D eigenvalue weighted by molar-refractivity contribution is 6.11. The van der Waals surface area contributed by atoms with Crippen LogP contribution >= 0.6 is 0 Å². The molecule has 3 aromatic rings. The first-order valence-electron chi connectivity index (χ1n) is 7.36. The number of hydrogen-bond acceptors (Lipinski definition) is 3. The van der Waals surface area contributed by atoms with E-state index in [-0.39, 0.29) is 16.8 Å². The van der Waals surface area contributed by atoms with Crippen molar-refractivity contribution in [3.05, 3.63) is 82.9 Å². The maximum atomic E-state index is 14.1. The highest BCUT2D eigenvalue weighted by Gasteiger charge is 2.22. The van der Waals surface area contributed by atoms with Crippen LogP contribution < -0.4 is 5.32 Å². The molecule has 0 unspecified atom stereocenters. The minimum Gasteiger partial charge on any atom is -0.356 e. The van der Waals surface area contributed by atoms with Crippen molar-refractivity contribution >= 4 is 17.4 Å². The third-order valence-corrected chi connectivity index (χ3v) is 3.62. The van der Waals surface area contributed by atoms with Crippen molar-refractivity contribution in [1.29, 1.82) is 0 Å². The number of carbonyl (C=O) groups excluding carboxylic acids is 2. The maximum Gasteiger partial charge on any atom is 0.272 e. The molecule has 2 N–H and O–H groups in total. The number of pyridine rings is 1. The van der Waals surface area contributed by atoms with E-state index in [1.54, 1.807) is 18.3 Å². The van der Waals surface area contributed by atoms with E-state index in [9.17, 15) is 18.4 Å². The lowest BCUT2D eigenvalue weighted by Crippen LogP contribution is -2.12. The molecule has 0 bridgehead atoms. The van der Waals surface area contributed by atoms with Crippen molar-refractivity contribution in [2.24, 2.45) is 0 Å². The molecule has 126 valence electrons. The number of carbonyl (C=O) groups is 2. The zero-order chi connectivity index (χ0) is 18.0. The molecule has 0 saturated carbocycles. The van der Waals surface area contributed by atoms with Crippen LogP contribution in [-0.2, 0) is 0 Å². The van der Waals surface area contributed by atoms with Gasteiger partial charge in [0.1, 0.15) is 17.3 Å². The summed E-state index contributed by atoms with van der Waals surface area (Å²) in [6.45, 7) is 1.44. The molecule has 5 nitrogen and oxygen atoms in total. The molecule has 0 atom stereocenters. The van der Waals surface area contributed by atoms with Gasteiger partial charge in [0.25, 0.3) is 5.91 Å². The molecular weight excluding hydrogens is 328 g/mol. The molecule has 0 aliphatic carbocycles. The number of H-pyrrole nitrogens is 1. The van der Waals surface area contributed by atoms with Gasteiger partial charge in [-0.2, -0.15) is 0 Å². The maximum absolute atomic E-state index is 14.1. The van der Waals surface area contributed by atoms with E-state index in [2.05, 4.69) is 15.3 Å². The topological polar surface area (TPSA) is 74.8 Å². The fraction of sp³-hybridized carbons (Fsp3) is 0.0556. The highest BCUT2D eigenvalue weighted by Crippen LogP contribution is 2.21. The van der Waals surface area contributed by atoms with Crippen LogP contribution in [0.2, 0.25) is 0 Å². The van der Waals surface area contributed by atoms with Crippen LogP contribution in [-0.4, -0.2) is 21.7 Å². The Bertz CT molecular complexity index is 952. The predicted molar refractivity (Wildman–Crippen MR) is 87.5 cm³/mol. The van der Waals surface area contributed by atoms with Crippen molar-refractivity contribution in [2.45, 2.75) is 6.92 Å². The van der Waals surface area contributed by atoms with Gasteiger partial charge in [0.15, 0.2) is 5.78 Å². The highest BCUT2D eigenvalue weighted by atomic mass is 19.1. The van der Waals surface area contributed by atoms with E-state index in [0.29, 0.717) is 5.69 Å². The molecule has 7 heteroatoms. The summed E-state index contributed by atoms with van der Waals surface area (Å²) in [5.41, 5.74) is 0.0687. The van der Waals surface area contributed by atoms with Crippen molar-refractivity contribution in [3.8, 4) is 0 Å². The number of aromatic nitrogens is 2. The van der Waals surface area contributed by atoms with E-state index in [4.69, 9.17) is 0 Å². The van der Waals surface area contributed by atoms with E-state index >= 15 is 0 Å². The third-order valence-electron chi connectivity index (χ3n) is 3.62. The van der Waals surface area contributed by atoms with E-state index in [1.807, 2.05) is 0 Å². The Morgan fingerprint density at radius 1 is 1.20 bits per heavy atom. The Kier molecular flexibility index (Phi) is 4.38. The molecule has 1 aromatic carbocycles. The first kappa shape index (κ1) is 16.5. The van der Waals surface area contributed by atoms with Gasteiger partial charge in [-0.25, -0.2) is 8.78 Å². The summed E-state index contributed by atoms with van der Waals surface area (Å²) in [6, 6.07) is 6.84. The van der Waals surface area contributed by atoms with Gasteiger partial charge >= 0.3 is 0 Å². The van der Waals surface area contributed by atoms with Crippen LogP contribution in [0.4, 0.5) is 14.5 Å². The lowest BCUT2D eigenvalue weighted by Gasteiger charge is -2.05. The number of halogens is 2. The van der Waals surface area contributed by atoms with Crippen LogP contribution in [0.3, 0.4) is 0 Å². The molecule has 0 spiro atoms. The number of nitrogens with one attached hydrogen (secondary N) is 2. The number of hydrogen-bond donors (Lipinski definition) is 2. The van der Waals surface area contributed by atoms with Crippen molar-refractivity contribution in [3.63, 3.8) is 0 Å². The van der Waals surface area contributed by atoms with Crippen LogP contribution in [0, 0.1) is 18.6 Å². The van der Waals surface area contributed by atoms with Gasteiger partial charge < -0.3 is 10.3 Å². The van der Waals surface area contributed by atoms with Gasteiger partial charge in [0.05, 0.1) is 17.4 Å². The van der Waals surface area contributed by atoms with Crippen molar-refractivity contribution in [2.75, 3.05) is 5.32 Å². The van der Waals surface area contributed by atoms with E-state index < -0.39 is 28.9 Å². The number of rotatable bonds is 4. The summed E-state index contributed by atoms with van der Waals surface area (Å²) >= 11 is 0. The second-order valence-electron chi connectivity index (χ2n) is 5.38. The minimum atomic E-state index is -0.948. The molecule has 0 saturated heterocycles. The second-order valence-corrected chi connectivity index (χ2v) is 5.38. The third kappa shape index (κ3) is 3.30. The zero-order valence-electron chi connectivity index (χ0n) is 13.1. The summed E-state index contributed by atoms with van der Waals surface area (Å²) in [6.07, 6.45) is 4.26. The number of anilines is 1. The van der Waals surface area contributed by atoms with E-state index in [1.165, 1.54) is 31.5 Å². The Morgan fingerprint density at radius 2 is 2.00 bits per heavy atom. The van der Waals surface area contributed by atoms with Gasteiger partial charge in [-0.15, -0.1) is 0 Å². The van der Waals surface area contributed by atoms with Crippen LogP contribution in [0.15, 0.2) is 48.9 Å². The fourth-order valence-electron chi connectivity index (χ4n) is 2.30. The summed E-state index contributed by atoms with van der Waals surface area (Å²) in [7, 11) is 0. The van der Waals surface area contributed by atoms with Crippen molar-refractivity contribution < 1.29 is 18.4 Å². The van der Waals surface area contributed by atoms with Gasteiger partial charge in [-0.3, -0.25) is 14.6 Å². The van der Waals surface area contributed by atoms with Gasteiger partial charge in [-0.1, -0.05) is 6.07 Å². The second kappa shape index (κ2) is 6.64. The van der Waals surface area contributed by atoms with Crippen molar-refractivity contribution in [1.82, 2.24) is 9.97 Å². The van der Waals surface area contributed by atoms with Gasteiger partial charge in [-0.05, 0) is 36.8 Å². The molecule has 3 rings (SSSR count). The van der Waals surface area contributed by atoms with Crippen LogP contribution in [0.5, 0.6) is 0 Å². The first-order valence-corrected chi connectivity index (χ1v) is 7.36. The van der Waals surface area contributed by atoms with Gasteiger partial charge in [0, 0.05) is 18.0 Å². The Hall–Kier alpha value is -3.35. The number of benzene rings is 1. The summed E-state index contributed by atoms with van der Waals surface area (Å²) in [4.78, 5) is 31.0. The molecule has 0 radical (unpaired) electrons. The minimum absolute atomic E-state index is 0.0141. The SMILES string of the molecule is Cc1ccc(F)c(C(=O)c2c[nH]c(C(=O)Nc3cccnc3)c2)c1F. The quantitative estimate of drug-likeness (QED) is 0.714. The van der Waals surface area contributed by atoms with Crippen LogP contribution in [0.1, 0.15) is 32.0 Å². The zero-order valence-corrected chi connectivity index (χ0v) is 13.1. The molecule has 0 aliphatic rings. The molecule has 0 fully saturated rings. The molecule has 1 amide bonds. The number of nitrogens with zero attached hydrogens (tertiary/aromatic N) is 1. The molecule has 0 aliphatic heterocycles. The standard InChI is InChI=1S/C18H13F2N3O2/c1-10-4-5-13(19)15(16(10)20)17(24)11-7-14(22-8-11)18(25)23-12-3-2-6-21-9-12/h2-9,22H,1H3,(H,23,25). The fourth-order valence-corrected chi connectivity index (χ4v) is 2.30. The molecule has 25 heavy (non-hydrogen) atoms.